The monoisotopic (exact) mass is 361 g/mol. The lowest BCUT2D eigenvalue weighted by Gasteiger charge is -2.21. The van der Waals surface area contributed by atoms with Crippen LogP contribution in [0.1, 0.15) is 30.6 Å². The van der Waals surface area contributed by atoms with Crippen molar-refractivity contribution in [1.82, 2.24) is 4.90 Å². The average molecular weight is 363 g/mol. The number of ether oxygens (including phenoxy) is 1. The van der Waals surface area contributed by atoms with Crippen LogP contribution in [0.4, 0.5) is 0 Å². The summed E-state index contributed by atoms with van der Waals surface area (Å²) in [6.45, 7) is 4.45. The molecule has 110 valence electrons. The first-order valence-electron chi connectivity index (χ1n) is 6.39. The fourth-order valence-electron chi connectivity index (χ4n) is 1.70. The van der Waals surface area contributed by atoms with Crippen molar-refractivity contribution in [2.45, 2.75) is 20.3 Å². The van der Waals surface area contributed by atoms with Crippen LogP contribution in [0.15, 0.2) is 22.7 Å². The molecule has 6 heteroatoms. The highest BCUT2D eigenvalue weighted by Crippen LogP contribution is 2.23. The van der Waals surface area contributed by atoms with Gasteiger partial charge in [-0.2, -0.15) is 0 Å². The van der Waals surface area contributed by atoms with Crippen LogP contribution >= 0.6 is 27.5 Å². The van der Waals surface area contributed by atoms with E-state index < -0.39 is 5.97 Å². The summed E-state index contributed by atoms with van der Waals surface area (Å²) >= 11 is 9.19. The van der Waals surface area contributed by atoms with E-state index in [0.717, 1.165) is 6.42 Å². The van der Waals surface area contributed by atoms with Gasteiger partial charge in [0.2, 0.25) is 0 Å². The van der Waals surface area contributed by atoms with Crippen molar-refractivity contribution >= 4 is 39.4 Å². The number of rotatable bonds is 6. The van der Waals surface area contributed by atoms with Gasteiger partial charge in [0.15, 0.2) is 0 Å². The predicted molar refractivity (Wildman–Crippen MR) is 82.0 cm³/mol. The number of hydrogen-bond donors (Lipinski definition) is 0. The highest BCUT2D eigenvalue weighted by atomic mass is 79.9. The largest absolute Gasteiger partial charge is 0.465 e. The summed E-state index contributed by atoms with van der Waals surface area (Å²) in [7, 11) is 0. The molecule has 1 aromatic rings. The number of esters is 1. The van der Waals surface area contributed by atoms with E-state index in [0.29, 0.717) is 28.2 Å². The van der Waals surface area contributed by atoms with E-state index in [-0.39, 0.29) is 12.5 Å². The Morgan fingerprint density at radius 2 is 2.05 bits per heavy atom. The van der Waals surface area contributed by atoms with E-state index in [9.17, 15) is 9.59 Å². The standard InChI is InChI=1S/C14H17BrClNO3/c1-3-7-17(9-13(18)20-4-2)14(19)10-5-6-12(16)11(15)8-10/h5-6,8H,3-4,7,9H2,1-2H3. The summed E-state index contributed by atoms with van der Waals surface area (Å²) in [5.41, 5.74) is 0.485. The Bertz CT molecular complexity index is 493. The molecule has 0 aromatic heterocycles. The third kappa shape index (κ3) is 4.80. The van der Waals surface area contributed by atoms with E-state index in [1.807, 2.05) is 6.92 Å². The minimum Gasteiger partial charge on any atom is -0.465 e. The smallest absolute Gasteiger partial charge is 0.325 e. The molecule has 0 radical (unpaired) electrons. The Labute approximate surface area is 132 Å². The van der Waals surface area contributed by atoms with Gasteiger partial charge < -0.3 is 9.64 Å². The Morgan fingerprint density at radius 3 is 2.60 bits per heavy atom. The zero-order valence-electron chi connectivity index (χ0n) is 11.5. The fourth-order valence-corrected chi connectivity index (χ4v) is 2.19. The van der Waals surface area contributed by atoms with Gasteiger partial charge in [0.25, 0.3) is 5.91 Å². The average Bonchev–Trinajstić information content (AvgIpc) is 2.41. The zero-order valence-corrected chi connectivity index (χ0v) is 13.8. The second-order valence-corrected chi connectivity index (χ2v) is 5.42. The van der Waals surface area contributed by atoms with Gasteiger partial charge in [0, 0.05) is 16.6 Å². The Morgan fingerprint density at radius 1 is 1.35 bits per heavy atom. The molecule has 0 heterocycles. The lowest BCUT2D eigenvalue weighted by molar-refractivity contribution is -0.143. The third-order valence-corrected chi connectivity index (χ3v) is 3.79. The SMILES string of the molecule is CCCN(CC(=O)OCC)C(=O)c1ccc(Cl)c(Br)c1. The minimum absolute atomic E-state index is 0.0409. The Hall–Kier alpha value is -1.07. The van der Waals surface area contributed by atoms with Crippen LogP contribution in [0, 0.1) is 0 Å². The molecule has 0 aliphatic rings. The first-order valence-corrected chi connectivity index (χ1v) is 7.56. The van der Waals surface area contributed by atoms with Crippen LogP contribution in [0.25, 0.3) is 0 Å². The molecular weight excluding hydrogens is 346 g/mol. The van der Waals surface area contributed by atoms with Gasteiger partial charge in [0.1, 0.15) is 6.54 Å². The molecule has 1 rings (SSSR count). The van der Waals surface area contributed by atoms with Crippen molar-refractivity contribution in [3.63, 3.8) is 0 Å². The maximum atomic E-state index is 12.4. The van der Waals surface area contributed by atoms with Gasteiger partial charge in [-0.05, 0) is 47.5 Å². The molecule has 0 aliphatic heterocycles. The van der Waals surface area contributed by atoms with Gasteiger partial charge in [0.05, 0.1) is 11.6 Å². The summed E-state index contributed by atoms with van der Waals surface area (Å²) in [6, 6.07) is 4.94. The van der Waals surface area contributed by atoms with Gasteiger partial charge >= 0.3 is 5.97 Å². The summed E-state index contributed by atoms with van der Waals surface area (Å²) in [5, 5.41) is 0.536. The quantitative estimate of drug-likeness (QED) is 0.727. The van der Waals surface area contributed by atoms with E-state index in [1.54, 1.807) is 25.1 Å². The van der Waals surface area contributed by atoms with Crippen LogP contribution < -0.4 is 0 Å². The third-order valence-electron chi connectivity index (χ3n) is 2.57. The summed E-state index contributed by atoms with van der Waals surface area (Å²) in [6.07, 6.45) is 0.764. The van der Waals surface area contributed by atoms with Gasteiger partial charge in [-0.1, -0.05) is 18.5 Å². The molecular formula is C14H17BrClNO3. The molecule has 0 saturated carbocycles. The van der Waals surface area contributed by atoms with Crippen LogP contribution in [0.3, 0.4) is 0 Å². The molecule has 0 unspecified atom stereocenters. The number of benzene rings is 1. The lowest BCUT2D eigenvalue weighted by atomic mass is 10.2. The van der Waals surface area contributed by atoms with Crippen LogP contribution in [-0.2, 0) is 9.53 Å². The lowest BCUT2D eigenvalue weighted by Crippen LogP contribution is -2.37. The van der Waals surface area contributed by atoms with Crippen molar-refractivity contribution in [3.05, 3.63) is 33.3 Å². The molecule has 0 spiro atoms. The van der Waals surface area contributed by atoms with E-state index in [4.69, 9.17) is 16.3 Å². The Kier molecular flexibility index (Phi) is 7.02. The van der Waals surface area contributed by atoms with Crippen molar-refractivity contribution in [3.8, 4) is 0 Å². The second kappa shape index (κ2) is 8.27. The topological polar surface area (TPSA) is 46.6 Å². The van der Waals surface area contributed by atoms with E-state index >= 15 is 0 Å². The fraction of sp³-hybridized carbons (Fsp3) is 0.429. The van der Waals surface area contributed by atoms with Crippen LogP contribution in [0.2, 0.25) is 5.02 Å². The predicted octanol–water partition coefficient (Wildman–Crippen LogP) is 3.52. The first kappa shape index (κ1) is 17.0. The molecule has 1 amide bonds. The molecule has 0 N–H and O–H groups in total. The number of hydrogen-bond acceptors (Lipinski definition) is 3. The molecule has 0 aliphatic carbocycles. The van der Waals surface area contributed by atoms with E-state index in [1.165, 1.54) is 4.90 Å². The number of nitrogens with zero attached hydrogens (tertiary/aromatic N) is 1. The summed E-state index contributed by atoms with van der Waals surface area (Å²) in [5.74, 6) is -0.611. The van der Waals surface area contributed by atoms with Gasteiger partial charge in [-0.3, -0.25) is 9.59 Å². The van der Waals surface area contributed by atoms with Crippen LogP contribution in [0.5, 0.6) is 0 Å². The van der Waals surface area contributed by atoms with Gasteiger partial charge in [-0.15, -0.1) is 0 Å². The number of carbonyl (C=O) groups is 2. The first-order chi connectivity index (χ1) is 9.49. The molecule has 0 atom stereocenters. The Balaban J connectivity index is 2.87. The molecule has 4 nitrogen and oxygen atoms in total. The van der Waals surface area contributed by atoms with E-state index in [2.05, 4.69) is 15.9 Å². The zero-order chi connectivity index (χ0) is 15.1. The molecule has 20 heavy (non-hydrogen) atoms. The maximum Gasteiger partial charge on any atom is 0.325 e. The van der Waals surface area contributed by atoms with Crippen molar-refractivity contribution < 1.29 is 14.3 Å². The molecule has 0 saturated heterocycles. The number of carbonyl (C=O) groups excluding carboxylic acids is 2. The minimum atomic E-state index is -0.401. The highest BCUT2D eigenvalue weighted by molar-refractivity contribution is 9.10. The number of amides is 1. The second-order valence-electron chi connectivity index (χ2n) is 4.16. The summed E-state index contributed by atoms with van der Waals surface area (Å²) in [4.78, 5) is 25.4. The molecule has 0 bridgehead atoms. The summed E-state index contributed by atoms with van der Waals surface area (Å²) < 4.78 is 5.53. The van der Waals surface area contributed by atoms with Gasteiger partial charge in [-0.25, -0.2) is 0 Å². The van der Waals surface area contributed by atoms with Crippen LogP contribution in [-0.4, -0.2) is 36.5 Å². The molecule has 1 aromatic carbocycles. The normalized spacial score (nSPS) is 10.2. The van der Waals surface area contributed by atoms with Crippen molar-refractivity contribution in [2.75, 3.05) is 19.7 Å². The maximum absolute atomic E-state index is 12.4. The molecule has 0 fully saturated rings. The van der Waals surface area contributed by atoms with Crippen molar-refractivity contribution in [1.29, 1.82) is 0 Å². The van der Waals surface area contributed by atoms with Crippen molar-refractivity contribution in [2.24, 2.45) is 0 Å². The number of halogens is 2. The highest BCUT2D eigenvalue weighted by Gasteiger charge is 2.19.